The molecule has 0 atom stereocenters. The number of hydrogen-bond acceptors (Lipinski definition) is 27. The summed E-state index contributed by atoms with van der Waals surface area (Å²) in [6, 6.07) is 14.3. The van der Waals surface area contributed by atoms with Crippen molar-refractivity contribution in [2.24, 2.45) is 30.7 Å². The van der Waals surface area contributed by atoms with Gasteiger partial charge in [0.05, 0.1) is 51.0 Å². The average molecular weight is 1330 g/mol. The van der Waals surface area contributed by atoms with E-state index in [9.17, 15) is 75.2 Å². The highest BCUT2D eigenvalue weighted by Crippen LogP contribution is 2.45. The van der Waals surface area contributed by atoms with Gasteiger partial charge < -0.3 is 14.6 Å². The summed E-state index contributed by atoms with van der Waals surface area (Å²) in [4.78, 5) is 6.88. The van der Waals surface area contributed by atoms with Crippen LogP contribution in [0.25, 0.3) is 37.7 Å². The van der Waals surface area contributed by atoms with Gasteiger partial charge in [0, 0.05) is 21.9 Å². The number of aromatic hydroxyl groups is 1. The van der Waals surface area contributed by atoms with E-state index in [-0.39, 0.29) is 129 Å². The number of aryl methyl sites for hydroxylation is 1. The quantitative estimate of drug-likeness (QED) is 0.0179. The third-order valence-electron chi connectivity index (χ3n) is 11.4. The summed E-state index contributed by atoms with van der Waals surface area (Å²) in [5.41, 5.74) is -0.912. The summed E-state index contributed by atoms with van der Waals surface area (Å²) in [5, 5.41) is 47.5. The zero-order valence-corrected chi connectivity index (χ0v) is 49.7. The lowest BCUT2D eigenvalue weighted by molar-refractivity contribution is 0.317. The van der Waals surface area contributed by atoms with E-state index in [1.54, 1.807) is 6.92 Å². The fourth-order valence-electron chi connectivity index (χ4n) is 7.75. The predicted molar refractivity (Wildman–Crippen MR) is 300 cm³/mol. The summed E-state index contributed by atoms with van der Waals surface area (Å²) < 4.78 is 206. The summed E-state index contributed by atoms with van der Waals surface area (Å²) in [5.74, 6) is -2.25. The van der Waals surface area contributed by atoms with Crippen LogP contribution in [-0.4, -0.2) is 128 Å². The first-order chi connectivity index (χ1) is 39.1. The number of hydrogen-bond donors (Lipinski definition) is 6. The van der Waals surface area contributed by atoms with Gasteiger partial charge in [-0.05, 0) is 91.9 Å². The van der Waals surface area contributed by atoms with Gasteiger partial charge in [-0.1, -0.05) is 29.0 Å². The van der Waals surface area contributed by atoms with E-state index in [0.29, 0.717) is 5.56 Å². The van der Waals surface area contributed by atoms with Crippen LogP contribution in [0.3, 0.4) is 0 Å². The summed E-state index contributed by atoms with van der Waals surface area (Å²) in [6.45, 7) is 2.66. The van der Waals surface area contributed by atoms with Gasteiger partial charge in [0.2, 0.25) is 11.0 Å². The topological polar surface area (TPSA) is 490 Å². The number of benzene rings is 5. The minimum Gasteiger partial charge on any atom is -0.495 e. The molecule has 0 saturated heterocycles. The van der Waals surface area contributed by atoms with Gasteiger partial charge >= 0.3 is 10.6 Å². The number of azo groups is 3. The van der Waals surface area contributed by atoms with Crippen LogP contribution in [0.2, 0.25) is 5.02 Å². The molecule has 444 valence electrons. The SMILES string of the molecule is COc1ccc2c(nc3c(C#N)c(C)c(N=Nc4cc(C)c(N=Nc5cc(Cl)c(N=Nc6nc7c(S(=O)(=O)O)cc8ccc(S(=O)(=O)O)cc8c7s6)cc5SCCCS(=O)(=O)O)cc4OCCCS(=O)(=O)O)c(O)n32)c1S(=O)(=O)O.O=S(=O)=O. The third-order valence-corrected chi connectivity index (χ3v) is 18.0. The van der Waals surface area contributed by atoms with E-state index in [4.69, 9.17) is 33.7 Å². The van der Waals surface area contributed by atoms with E-state index in [1.165, 1.54) is 49.4 Å². The van der Waals surface area contributed by atoms with Crippen molar-refractivity contribution in [1.82, 2.24) is 14.4 Å². The van der Waals surface area contributed by atoms with Gasteiger partial charge in [0.15, 0.2) is 16.2 Å². The summed E-state index contributed by atoms with van der Waals surface area (Å²) >= 11 is 8.49. The molecule has 3 aromatic heterocycles. The second kappa shape index (κ2) is 25.1. The van der Waals surface area contributed by atoms with Crippen molar-refractivity contribution in [2.45, 2.75) is 46.3 Å². The average Bonchev–Trinajstić information content (AvgIpc) is 1.68. The number of imidazole rings is 1. The van der Waals surface area contributed by atoms with Crippen molar-refractivity contribution in [3.8, 4) is 23.4 Å². The molecule has 40 heteroatoms. The van der Waals surface area contributed by atoms with Crippen LogP contribution in [0.1, 0.15) is 29.5 Å². The maximum atomic E-state index is 12.5. The van der Waals surface area contributed by atoms with Crippen LogP contribution in [0, 0.1) is 25.2 Å². The normalized spacial score (nSPS) is 12.7. The Morgan fingerprint density at radius 1 is 0.726 bits per heavy atom. The Morgan fingerprint density at radius 2 is 1.37 bits per heavy atom. The highest BCUT2D eigenvalue weighted by atomic mass is 35.5. The van der Waals surface area contributed by atoms with E-state index in [1.807, 2.05) is 6.07 Å². The second-order valence-corrected chi connectivity index (χ2v) is 27.3. The van der Waals surface area contributed by atoms with Gasteiger partial charge in [-0.15, -0.1) is 50.0 Å². The second-order valence-electron chi connectivity index (χ2n) is 17.0. The number of fused-ring (bicyclic) bond motifs is 6. The van der Waals surface area contributed by atoms with Crippen molar-refractivity contribution in [2.75, 3.05) is 31.0 Å². The fourth-order valence-corrected chi connectivity index (χ4v) is 13.1. The standard InChI is InChI=1S/C44H37ClN10O18S7.O3S/c1-21-14-30(51-53-37-22(2)26(20-46)42-47-38-32(55(42)43(37)56)8-9-33(72-3)41(38)80(69,70)71)34(73-10-4-12-76(57,58)59)18-28(21)49-52-31-17-27(45)29(19-35(31)74-11-5-13-77(60,61)62)50-54-44-48-39-36(79(66,67)68)15-23-6-7-24(78(63,64)65)16-25(23)40(39)75-44;1-4(2)3/h6-9,14-19,56H,4-5,10-13H2,1-3H3,(H,57,58,59)(H,60,61,62)(H,63,64,65)(H,66,67,68)(H,69,70,71);. The molecule has 31 nitrogen and oxygen atoms in total. The molecule has 3 heterocycles. The first-order valence-corrected chi connectivity index (χ1v) is 33.4. The lowest BCUT2D eigenvalue weighted by atomic mass is 10.1. The predicted octanol–water partition coefficient (Wildman–Crippen LogP) is 9.12. The molecule has 0 aliphatic heterocycles. The number of methoxy groups -OCH3 is 1. The molecule has 84 heavy (non-hydrogen) atoms. The first-order valence-electron chi connectivity index (χ1n) is 22.7. The number of aromatic nitrogens is 3. The van der Waals surface area contributed by atoms with Crippen LogP contribution < -0.4 is 9.47 Å². The highest BCUT2D eigenvalue weighted by molar-refractivity contribution is 7.99. The fraction of sp³-hybridized carbons (Fsp3) is 0.205. The molecule has 6 N–H and O–H groups in total. The molecule has 0 saturated carbocycles. The number of ether oxygens (including phenoxy) is 2. The van der Waals surface area contributed by atoms with Crippen molar-refractivity contribution < 1.29 is 92.1 Å². The number of thioether (sulfide) groups is 1. The molecule has 0 spiro atoms. The Kier molecular flexibility index (Phi) is 19.2. The smallest absolute Gasteiger partial charge is 0.425 e. The monoisotopic (exact) mass is 1330 g/mol. The molecule has 0 fully saturated rings. The Balaban J connectivity index is 0.00000245. The number of thiazole rings is 1. The molecule has 0 unspecified atom stereocenters. The summed E-state index contributed by atoms with van der Waals surface area (Å²) in [6.07, 6.45) is -0.264. The van der Waals surface area contributed by atoms with Gasteiger partial charge in [-0.3, -0.25) is 27.2 Å². The number of pyridine rings is 1. The molecule has 0 amide bonds. The molecular formula is C44H37ClN10O21S8. The van der Waals surface area contributed by atoms with Crippen LogP contribution in [0.15, 0.2) is 111 Å². The largest absolute Gasteiger partial charge is 0.495 e. The van der Waals surface area contributed by atoms with Crippen LogP contribution in [0.4, 0.5) is 33.6 Å². The number of nitrogens with zero attached hydrogens (tertiary/aromatic N) is 10. The van der Waals surface area contributed by atoms with Gasteiger partial charge in [-0.2, -0.15) is 52.5 Å². The molecule has 0 bridgehead atoms. The third kappa shape index (κ3) is 15.1. The van der Waals surface area contributed by atoms with Crippen molar-refractivity contribution in [3.63, 3.8) is 0 Å². The maximum Gasteiger partial charge on any atom is 0.425 e. The Bertz CT molecular complexity index is 4900. The molecular weight excluding hydrogens is 1300 g/mol. The van der Waals surface area contributed by atoms with E-state index in [0.717, 1.165) is 52.8 Å². The van der Waals surface area contributed by atoms with Crippen molar-refractivity contribution in [3.05, 3.63) is 82.4 Å². The number of nitriles is 1. The molecule has 8 aromatic rings. The zero-order chi connectivity index (χ0) is 62.0. The molecule has 0 aliphatic rings. The summed E-state index contributed by atoms with van der Waals surface area (Å²) in [7, 11) is -25.3. The van der Waals surface area contributed by atoms with Gasteiger partial charge in [0.25, 0.3) is 50.6 Å². The highest BCUT2D eigenvalue weighted by Gasteiger charge is 2.29. The van der Waals surface area contributed by atoms with Gasteiger partial charge in [0.1, 0.15) is 56.1 Å². The van der Waals surface area contributed by atoms with Crippen LogP contribution >= 0.6 is 34.7 Å². The molecule has 5 aromatic carbocycles. The van der Waals surface area contributed by atoms with Crippen molar-refractivity contribution >= 4 is 167 Å². The minimum absolute atomic E-state index is 0.0335. The van der Waals surface area contributed by atoms with Crippen molar-refractivity contribution in [1.29, 1.82) is 5.26 Å². The van der Waals surface area contributed by atoms with Crippen LogP contribution in [-0.2, 0) is 61.2 Å². The van der Waals surface area contributed by atoms with E-state index >= 15 is 0 Å². The molecule has 0 radical (unpaired) electrons. The Hall–Kier alpha value is -7.30. The Morgan fingerprint density at radius 3 is 1.99 bits per heavy atom. The molecule has 8 rings (SSSR count). The zero-order valence-electron chi connectivity index (χ0n) is 42.4. The maximum absolute atomic E-state index is 12.5. The number of rotatable bonds is 20. The van der Waals surface area contributed by atoms with Gasteiger partial charge in [-0.25, -0.2) is 9.97 Å². The lowest BCUT2D eigenvalue weighted by Crippen LogP contribution is -2.08. The van der Waals surface area contributed by atoms with E-state index in [2.05, 4.69) is 40.7 Å². The molecule has 0 aliphatic carbocycles. The van der Waals surface area contributed by atoms with Crippen LogP contribution in [0.5, 0.6) is 17.4 Å². The Labute approximate surface area is 489 Å². The minimum atomic E-state index is -4.97. The first kappa shape index (κ1) is 64.3. The lowest BCUT2D eigenvalue weighted by Gasteiger charge is -2.12. The van der Waals surface area contributed by atoms with E-state index < -0.39 is 93.3 Å². The number of halogens is 1.